The SMILES string of the molecule is Clc1ccccc1-c1csc(N2CCOC3(CCOC3)C2)n1. The van der Waals surface area contributed by atoms with Crippen molar-refractivity contribution in [2.24, 2.45) is 0 Å². The minimum absolute atomic E-state index is 0.144. The van der Waals surface area contributed by atoms with Gasteiger partial charge in [-0.3, -0.25) is 0 Å². The first-order valence-corrected chi connectivity index (χ1v) is 8.69. The second-order valence-corrected chi connectivity index (χ2v) is 6.99. The topological polar surface area (TPSA) is 34.6 Å². The summed E-state index contributed by atoms with van der Waals surface area (Å²) in [5.74, 6) is 0. The van der Waals surface area contributed by atoms with E-state index in [0.29, 0.717) is 6.61 Å². The molecule has 1 unspecified atom stereocenters. The van der Waals surface area contributed by atoms with Crippen molar-refractivity contribution >= 4 is 28.1 Å². The Kier molecular flexibility index (Phi) is 3.82. The Labute approximate surface area is 138 Å². The zero-order valence-electron chi connectivity index (χ0n) is 12.1. The van der Waals surface area contributed by atoms with Crippen LogP contribution in [-0.4, -0.2) is 43.5 Å². The molecule has 1 aromatic heterocycles. The lowest BCUT2D eigenvalue weighted by molar-refractivity contribution is -0.0579. The number of halogens is 1. The first-order valence-electron chi connectivity index (χ1n) is 7.43. The van der Waals surface area contributed by atoms with Crippen LogP contribution in [0.2, 0.25) is 5.02 Å². The Balaban J connectivity index is 1.58. The van der Waals surface area contributed by atoms with Crippen LogP contribution in [0.5, 0.6) is 0 Å². The number of anilines is 1. The molecule has 0 aliphatic carbocycles. The predicted octanol–water partition coefficient (Wildman–Crippen LogP) is 3.46. The summed E-state index contributed by atoms with van der Waals surface area (Å²) in [6.07, 6.45) is 0.965. The molecule has 2 saturated heterocycles. The molecule has 1 spiro atoms. The maximum Gasteiger partial charge on any atom is 0.186 e. The monoisotopic (exact) mass is 336 g/mol. The molecule has 2 aliphatic heterocycles. The second-order valence-electron chi connectivity index (χ2n) is 5.75. The molecule has 1 aromatic carbocycles. The van der Waals surface area contributed by atoms with Gasteiger partial charge in [0.2, 0.25) is 0 Å². The van der Waals surface area contributed by atoms with Crippen LogP contribution in [0, 0.1) is 0 Å². The molecule has 4 nitrogen and oxygen atoms in total. The van der Waals surface area contributed by atoms with E-state index in [2.05, 4.69) is 10.3 Å². The number of rotatable bonds is 2. The summed E-state index contributed by atoms with van der Waals surface area (Å²) in [6, 6.07) is 7.83. The third kappa shape index (κ3) is 2.63. The van der Waals surface area contributed by atoms with Crippen molar-refractivity contribution in [3.05, 3.63) is 34.7 Å². The summed E-state index contributed by atoms with van der Waals surface area (Å²) in [4.78, 5) is 7.09. The Morgan fingerprint density at radius 3 is 3.00 bits per heavy atom. The number of aromatic nitrogens is 1. The van der Waals surface area contributed by atoms with Gasteiger partial charge in [0.05, 0.1) is 25.5 Å². The van der Waals surface area contributed by atoms with Crippen molar-refractivity contribution in [2.45, 2.75) is 12.0 Å². The molecule has 0 N–H and O–H groups in total. The summed E-state index contributed by atoms with van der Waals surface area (Å²) in [6.45, 7) is 3.92. The highest BCUT2D eigenvalue weighted by Gasteiger charge is 2.41. The van der Waals surface area contributed by atoms with Crippen molar-refractivity contribution in [3.63, 3.8) is 0 Å². The molecular formula is C16H17ClN2O2S. The van der Waals surface area contributed by atoms with Crippen LogP contribution >= 0.6 is 22.9 Å². The Hall–Kier alpha value is -1.14. The first-order chi connectivity index (χ1) is 10.8. The van der Waals surface area contributed by atoms with E-state index in [4.69, 9.17) is 26.1 Å². The zero-order valence-corrected chi connectivity index (χ0v) is 13.7. The van der Waals surface area contributed by atoms with Gasteiger partial charge in [-0.05, 0) is 6.07 Å². The lowest BCUT2D eigenvalue weighted by Crippen LogP contribution is -2.52. The van der Waals surface area contributed by atoms with Gasteiger partial charge >= 0.3 is 0 Å². The number of thiazole rings is 1. The van der Waals surface area contributed by atoms with Crippen LogP contribution in [0.15, 0.2) is 29.6 Å². The van der Waals surface area contributed by atoms with Crippen molar-refractivity contribution in [1.82, 2.24) is 4.98 Å². The Bertz CT molecular complexity index is 670. The van der Waals surface area contributed by atoms with Crippen molar-refractivity contribution in [3.8, 4) is 11.3 Å². The standard InChI is InChI=1S/C16H17ClN2O2S/c17-13-4-2-1-3-12(13)14-9-22-15(18-14)19-6-8-21-16(10-19)5-7-20-11-16/h1-4,9H,5-8,10-11H2. The van der Waals surface area contributed by atoms with Gasteiger partial charge in [0.1, 0.15) is 5.60 Å². The van der Waals surface area contributed by atoms with Gasteiger partial charge in [0.15, 0.2) is 5.13 Å². The van der Waals surface area contributed by atoms with E-state index in [-0.39, 0.29) is 5.60 Å². The quantitative estimate of drug-likeness (QED) is 0.841. The summed E-state index contributed by atoms with van der Waals surface area (Å²) < 4.78 is 11.5. The third-order valence-electron chi connectivity index (χ3n) is 4.23. The largest absolute Gasteiger partial charge is 0.378 e. The molecule has 4 rings (SSSR count). The van der Waals surface area contributed by atoms with Gasteiger partial charge < -0.3 is 14.4 Å². The molecule has 116 valence electrons. The minimum Gasteiger partial charge on any atom is -0.378 e. The average molecular weight is 337 g/mol. The molecule has 0 saturated carbocycles. The van der Waals surface area contributed by atoms with E-state index in [1.165, 1.54) is 0 Å². The normalized spacial score (nSPS) is 25.0. The summed E-state index contributed by atoms with van der Waals surface area (Å²) in [5, 5.41) is 3.84. The van der Waals surface area contributed by atoms with Gasteiger partial charge in [-0.15, -0.1) is 11.3 Å². The van der Waals surface area contributed by atoms with Crippen LogP contribution < -0.4 is 4.90 Å². The fourth-order valence-corrected chi connectivity index (χ4v) is 4.12. The van der Waals surface area contributed by atoms with E-state index in [0.717, 1.165) is 54.1 Å². The zero-order chi connectivity index (χ0) is 15.0. The molecule has 3 heterocycles. The molecule has 0 bridgehead atoms. The lowest BCUT2D eigenvalue weighted by atomic mass is 10.0. The number of ether oxygens (including phenoxy) is 2. The fraction of sp³-hybridized carbons (Fsp3) is 0.438. The molecule has 2 fully saturated rings. The number of hydrogen-bond acceptors (Lipinski definition) is 5. The summed E-state index contributed by atoms with van der Waals surface area (Å²) in [5.41, 5.74) is 1.78. The highest BCUT2D eigenvalue weighted by molar-refractivity contribution is 7.14. The molecule has 2 aromatic rings. The highest BCUT2D eigenvalue weighted by Crippen LogP contribution is 2.35. The van der Waals surface area contributed by atoms with Crippen LogP contribution in [0.3, 0.4) is 0 Å². The second kappa shape index (κ2) is 5.81. The Morgan fingerprint density at radius 2 is 2.18 bits per heavy atom. The predicted molar refractivity (Wildman–Crippen MR) is 88.9 cm³/mol. The van der Waals surface area contributed by atoms with Crippen LogP contribution in [0.1, 0.15) is 6.42 Å². The van der Waals surface area contributed by atoms with Gasteiger partial charge in [-0.1, -0.05) is 29.8 Å². The van der Waals surface area contributed by atoms with Crippen molar-refractivity contribution < 1.29 is 9.47 Å². The number of benzene rings is 1. The number of hydrogen-bond donors (Lipinski definition) is 0. The average Bonchev–Trinajstić information content (AvgIpc) is 3.18. The van der Waals surface area contributed by atoms with E-state index in [1.54, 1.807) is 11.3 Å². The molecule has 22 heavy (non-hydrogen) atoms. The van der Waals surface area contributed by atoms with Gasteiger partial charge in [-0.25, -0.2) is 4.98 Å². The fourth-order valence-electron chi connectivity index (χ4n) is 3.04. The molecule has 6 heteroatoms. The van der Waals surface area contributed by atoms with Crippen LogP contribution in [0.25, 0.3) is 11.3 Å². The maximum absolute atomic E-state index is 6.27. The lowest BCUT2D eigenvalue weighted by Gasteiger charge is -2.39. The summed E-state index contributed by atoms with van der Waals surface area (Å²) in [7, 11) is 0. The Morgan fingerprint density at radius 1 is 1.27 bits per heavy atom. The first kappa shape index (κ1) is 14.5. The van der Waals surface area contributed by atoms with E-state index in [9.17, 15) is 0 Å². The molecule has 0 amide bonds. The van der Waals surface area contributed by atoms with E-state index in [1.807, 2.05) is 24.3 Å². The number of nitrogens with zero attached hydrogens (tertiary/aromatic N) is 2. The summed E-state index contributed by atoms with van der Waals surface area (Å²) >= 11 is 7.93. The molecule has 2 aliphatic rings. The van der Waals surface area contributed by atoms with Gasteiger partial charge in [0, 0.05) is 35.5 Å². The van der Waals surface area contributed by atoms with Crippen molar-refractivity contribution in [2.75, 3.05) is 37.8 Å². The van der Waals surface area contributed by atoms with Crippen LogP contribution in [-0.2, 0) is 9.47 Å². The smallest absolute Gasteiger partial charge is 0.186 e. The van der Waals surface area contributed by atoms with Gasteiger partial charge in [0.25, 0.3) is 0 Å². The highest BCUT2D eigenvalue weighted by atomic mass is 35.5. The van der Waals surface area contributed by atoms with Crippen LogP contribution in [0.4, 0.5) is 5.13 Å². The molecule has 1 atom stereocenters. The minimum atomic E-state index is -0.144. The van der Waals surface area contributed by atoms with Crippen molar-refractivity contribution in [1.29, 1.82) is 0 Å². The third-order valence-corrected chi connectivity index (χ3v) is 5.46. The number of morpholine rings is 1. The van der Waals surface area contributed by atoms with E-state index >= 15 is 0 Å². The molecule has 0 radical (unpaired) electrons. The van der Waals surface area contributed by atoms with Gasteiger partial charge in [-0.2, -0.15) is 0 Å². The maximum atomic E-state index is 6.27. The molecular weight excluding hydrogens is 320 g/mol. The van der Waals surface area contributed by atoms with E-state index < -0.39 is 0 Å².